The molecule has 0 saturated heterocycles. The summed E-state index contributed by atoms with van der Waals surface area (Å²) < 4.78 is 6.60. The van der Waals surface area contributed by atoms with E-state index in [1.807, 2.05) is 19.1 Å². The molecule has 26 heavy (non-hydrogen) atoms. The Morgan fingerprint density at radius 2 is 1.96 bits per heavy atom. The Kier molecular flexibility index (Phi) is 3.50. The Morgan fingerprint density at radius 1 is 1.23 bits per heavy atom. The van der Waals surface area contributed by atoms with Gasteiger partial charge in [-0.1, -0.05) is 0 Å². The van der Waals surface area contributed by atoms with Crippen LogP contribution in [0.4, 0.5) is 0 Å². The number of nitrogens with zero attached hydrogens (tertiary/aromatic N) is 2. The molecule has 2 aliphatic rings. The van der Waals surface area contributed by atoms with Crippen molar-refractivity contribution >= 4 is 16.9 Å². The maximum Gasteiger partial charge on any atom is 0.335 e. The third-order valence-electron chi connectivity index (χ3n) is 4.40. The molecule has 0 aromatic heterocycles. The highest BCUT2D eigenvalue weighted by Crippen LogP contribution is 2.31. The molecule has 130 valence electrons. The minimum Gasteiger partial charge on any atom is -0.497 e. The van der Waals surface area contributed by atoms with Crippen LogP contribution in [0.5, 0.6) is 5.75 Å². The van der Waals surface area contributed by atoms with Crippen LogP contribution in [0.3, 0.4) is 0 Å². The van der Waals surface area contributed by atoms with Gasteiger partial charge in [-0.25, -0.2) is 4.79 Å². The minimum absolute atomic E-state index is 0.150. The molecule has 7 heteroatoms. The number of aromatic amines is 1. The number of hydrogen-bond donors (Lipinski definition) is 2. The third-order valence-corrected chi connectivity index (χ3v) is 4.40. The number of pyridine rings is 1. The number of aryl methyl sites for hydroxylation is 1. The predicted molar refractivity (Wildman–Crippen MR) is 96.6 cm³/mol. The summed E-state index contributed by atoms with van der Waals surface area (Å²) in [7, 11) is 1.59. The molecular weight excluding hydrogens is 334 g/mol. The number of aromatic carboxylic acids is 1. The Balaban J connectivity index is 1.97. The summed E-state index contributed by atoms with van der Waals surface area (Å²) in [5.74, 6) is -0.337. The highest BCUT2D eigenvalue weighted by atomic mass is 16.5. The molecule has 0 spiro atoms. The van der Waals surface area contributed by atoms with Gasteiger partial charge in [-0.05, 0) is 48.9 Å². The van der Waals surface area contributed by atoms with Gasteiger partial charge >= 0.3 is 5.97 Å². The van der Waals surface area contributed by atoms with Crippen molar-refractivity contribution in [2.75, 3.05) is 7.11 Å². The molecule has 2 aliphatic heterocycles. The van der Waals surface area contributed by atoms with Crippen LogP contribution in [0.2, 0.25) is 0 Å². The fraction of sp³-hybridized carbons (Fsp3) is 0.105. The van der Waals surface area contributed by atoms with Gasteiger partial charge in [-0.3, -0.25) is 4.79 Å². The normalized spacial score (nSPS) is 11.2. The van der Waals surface area contributed by atoms with Gasteiger partial charge in [-0.15, -0.1) is 0 Å². The number of nitrogens with one attached hydrogen (secondary N) is 1. The molecular formula is C19H15N3O4. The van der Waals surface area contributed by atoms with Crippen LogP contribution in [0.1, 0.15) is 15.9 Å². The zero-order chi connectivity index (χ0) is 18.4. The quantitative estimate of drug-likeness (QED) is 0.593. The number of ether oxygens (including phenoxy) is 1. The number of rotatable bonds is 3. The number of carboxylic acids is 1. The summed E-state index contributed by atoms with van der Waals surface area (Å²) in [5, 5.41) is 14.3. The zero-order valence-electron chi connectivity index (χ0n) is 14.1. The summed E-state index contributed by atoms with van der Waals surface area (Å²) in [6, 6.07) is 9.76. The van der Waals surface area contributed by atoms with Crippen LogP contribution in [-0.4, -0.2) is 33.0 Å². The molecule has 0 saturated carbocycles. The van der Waals surface area contributed by atoms with E-state index in [2.05, 4.69) is 10.1 Å². The number of carboxylic acid groups (broad SMARTS) is 1. The topological polar surface area (TPSA) is 97.2 Å². The van der Waals surface area contributed by atoms with Crippen LogP contribution in [0, 0.1) is 6.92 Å². The highest BCUT2D eigenvalue weighted by Gasteiger charge is 2.20. The maximum absolute atomic E-state index is 12.8. The lowest BCUT2D eigenvalue weighted by atomic mass is 10.1. The first-order valence-corrected chi connectivity index (χ1v) is 7.92. The predicted octanol–water partition coefficient (Wildman–Crippen LogP) is 2.83. The van der Waals surface area contributed by atoms with Crippen LogP contribution in [0.15, 0.2) is 47.4 Å². The van der Waals surface area contributed by atoms with Crippen molar-refractivity contribution in [1.82, 2.24) is 14.8 Å². The molecule has 2 heterocycles. The van der Waals surface area contributed by atoms with E-state index in [0.29, 0.717) is 22.7 Å². The average Bonchev–Trinajstić information content (AvgIpc) is 2.99. The van der Waals surface area contributed by atoms with Gasteiger partial charge in [0.25, 0.3) is 5.56 Å². The van der Waals surface area contributed by atoms with Gasteiger partial charge < -0.3 is 14.8 Å². The molecule has 2 aromatic carbocycles. The van der Waals surface area contributed by atoms with E-state index in [9.17, 15) is 9.59 Å². The SMILES string of the molecule is COc1cc(C)c2[nH]cc3c(=O)n(-c4ccc(C(=O)O)cc4)nc-3c2c1. The molecule has 0 radical (unpaired) electrons. The lowest BCUT2D eigenvalue weighted by molar-refractivity contribution is 0.0697. The Hall–Kier alpha value is -3.61. The van der Waals surface area contributed by atoms with Crippen LogP contribution >= 0.6 is 0 Å². The lowest BCUT2D eigenvalue weighted by Crippen LogP contribution is -2.14. The van der Waals surface area contributed by atoms with Crippen molar-refractivity contribution in [2.45, 2.75) is 6.92 Å². The van der Waals surface area contributed by atoms with Crippen molar-refractivity contribution in [3.63, 3.8) is 0 Å². The Morgan fingerprint density at radius 3 is 2.62 bits per heavy atom. The van der Waals surface area contributed by atoms with E-state index < -0.39 is 5.97 Å². The summed E-state index contributed by atoms with van der Waals surface area (Å²) in [4.78, 5) is 26.9. The van der Waals surface area contributed by atoms with Crippen molar-refractivity contribution in [3.8, 4) is 22.7 Å². The number of fused-ring (bicyclic) bond motifs is 3. The van der Waals surface area contributed by atoms with E-state index in [1.54, 1.807) is 25.4 Å². The molecule has 0 aliphatic carbocycles. The number of H-pyrrole nitrogens is 1. The van der Waals surface area contributed by atoms with Crippen molar-refractivity contribution in [2.24, 2.45) is 0 Å². The van der Waals surface area contributed by atoms with Crippen LogP contribution in [0.25, 0.3) is 27.8 Å². The molecule has 0 fully saturated rings. The van der Waals surface area contributed by atoms with E-state index in [0.717, 1.165) is 16.5 Å². The van der Waals surface area contributed by atoms with Gasteiger partial charge in [0.15, 0.2) is 0 Å². The summed E-state index contributed by atoms with van der Waals surface area (Å²) in [6.45, 7) is 1.95. The number of carbonyl (C=O) groups is 1. The van der Waals surface area contributed by atoms with Gasteiger partial charge in [0.2, 0.25) is 0 Å². The minimum atomic E-state index is -1.02. The van der Waals surface area contributed by atoms with Gasteiger partial charge in [0, 0.05) is 11.6 Å². The van der Waals surface area contributed by atoms with E-state index >= 15 is 0 Å². The lowest BCUT2D eigenvalue weighted by Gasteiger charge is -2.08. The smallest absolute Gasteiger partial charge is 0.335 e. The van der Waals surface area contributed by atoms with E-state index in [1.165, 1.54) is 16.8 Å². The molecule has 0 amide bonds. The fourth-order valence-corrected chi connectivity index (χ4v) is 3.06. The number of hydrogen-bond acceptors (Lipinski definition) is 4. The summed E-state index contributed by atoms with van der Waals surface area (Å²) >= 11 is 0. The van der Waals surface area contributed by atoms with Crippen molar-refractivity contribution in [3.05, 3.63) is 64.1 Å². The Bertz CT molecular complexity index is 1170. The summed E-state index contributed by atoms with van der Waals surface area (Å²) in [5.41, 5.74) is 3.25. The largest absolute Gasteiger partial charge is 0.497 e. The van der Waals surface area contributed by atoms with Crippen LogP contribution in [-0.2, 0) is 0 Å². The first-order valence-electron chi connectivity index (χ1n) is 7.92. The standard InChI is InChI=1S/C19H15N3O4/c1-10-7-13(26-2)8-14-16(10)20-9-15-17(14)21-22(18(15)23)12-5-3-11(4-6-12)19(24)25/h3-9,20H,1-2H3,(H,24,25). The van der Waals surface area contributed by atoms with Crippen molar-refractivity contribution < 1.29 is 14.6 Å². The fourth-order valence-electron chi connectivity index (χ4n) is 3.06. The number of benzene rings is 2. The molecule has 7 nitrogen and oxygen atoms in total. The van der Waals surface area contributed by atoms with Crippen LogP contribution < -0.4 is 10.3 Å². The molecule has 0 unspecified atom stereocenters. The van der Waals surface area contributed by atoms with Gasteiger partial charge in [0.05, 0.1) is 29.4 Å². The Labute approximate surface area is 147 Å². The molecule has 2 aromatic rings. The van der Waals surface area contributed by atoms with E-state index in [-0.39, 0.29) is 11.1 Å². The second kappa shape index (κ2) is 5.73. The maximum atomic E-state index is 12.8. The number of methoxy groups -OCH3 is 1. The zero-order valence-corrected chi connectivity index (χ0v) is 14.1. The summed E-state index contributed by atoms with van der Waals surface area (Å²) in [6.07, 6.45) is 1.65. The van der Waals surface area contributed by atoms with Gasteiger partial charge in [-0.2, -0.15) is 9.78 Å². The molecule has 0 atom stereocenters. The van der Waals surface area contributed by atoms with E-state index in [4.69, 9.17) is 9.84 Å². The average molecular weight is 349 g/mol. The second-order valence-electron chi connectivity index (χ2n) is 5.99. The highest BCUT2D eigenvalue weighted by molar-refractivity contribution is 5.96. The second-order valence-corrected chi connectivity index (χ2v) is 5.99. The first kappa shape index (κ1) is 15.9. The monoisotopic (exact) mass is 349 g/mol. The third kappa shape index (κ3) is 2.33. The van der Waals surface area contributed by atoms with Gasteiger partial charge in [0.1, 0.15) is 11.4 Å². The first-order chi connectivity index (χ1) is 12.5. The molecule has 2 N–H and O–H groups in total. The van der Waals surface area contributed by atoms with Crippen molar-refractivity contribution in [1.29, 1.82) is 0 Å². The molecule has 4 rings (SSSR count). The number of aromatic nitrogens is 3. The molecule has 0 bridgehead atoms.